The van der Waals surface area contributed by atoms with Crippen LogP contribution in [-0.2, 0) is 6.54 Å². The highest BCUT2D eigenvalue weighted by atomic mass is 16.4. The van der Waals surface area contributed by atoms with Crippen LogP contribution in [0.4, 0.5) is 0 Å². The van der Waals surface area contributed by atoms with Gasteiger partial charge in [0, 0.05) is 29.9 Å². The summed E-state index contributed by atoms with van der Waals surface area (Å²) in [5.74, 6) is 0.948. The summed E-state index contributed by atoms with van der Waals surface area (Å²) < 4.78 is 6.00. The first kappa shape index (κ1) is 18.4. The Labute approximate surface area is 164 Å². The number of carbonyl (C=O) groups is 1. The van der Waals surface area contributed by atoms with Crippen LogP contribution in [-0.4, -0.2) is 34.0 Å². The van der Waals surface area contributed by atoms with Crippen LogP contribution in [0.2, 0.25) is 0 Å². The van der Waals surface area contributed by atoms with Crippen LogP contribution in [0.15, 0.2) is 59.1 Å². The highest BCUT2D eigenvalue weighted by Crippen LogP contribution is 2.29. The lowest BCUT2D eigenvalue weighted by Crippen LogP contribution is -2.34. The van der Waals surface area contributed by atoms with Crippen molar-refractivity contribution in [1.29, 1.82) is 0 Å². The van der Waals surface area contributed by atoms with Crippen molar-refractivity contribution in [2.75, 3.05) is 13.1 Å². The van der Waals surface area contributed by atoms with E-state index in [1.165, 1.54) is 5.56 Å². The fraction of sp³-hybridized carbons (Fsp3) is 0.304. The SMILES string of the molecule is Cc1ccc(C2CCCN(Cc3ccc(-c4ccccc4C(=O)O)o3)C2)nc1. The first-order valence-corrected chi connectivity index (χ1v) is 9.66. The molecule has 1 saturated heterocycles. The Hall–Kier alpha value is -2.92. The average molecular weight is 376 g/mol. The van der Waals surface area contributed by atoms with E-state index >= 15 is 0 Å². The first-order valence-electron chi connectivity index (χ1n) is 9.66. The lowest BCUT2D eigenvalue weighted by molar-refractivity contribution is 0.0697. The number of carboxylic acid groups (broad SMARTS) is 1. The van der Waals surface area contributed by atoms with Gasteiger partial charge in [-0.05, 0) is 56.1 Å². The maximum Gasteiger partial charge on any atom is 0.336 e. The van der Waals surface area contributed by atoms with Crippen molar-refractivity contribution >= 4 is 5.97 Å². The Morgan fingerprint density at radius 1 is 1.21 bits per heavy atom. The molecule has 5 heteroatoms. The summed E-state index contributed by atoms with van der Waals surface area (Å²) >= 11 is 0. The average Bonchev–Trinajstić information content (AvgIpc) is 3.17. The molecule has 1 unspecified atom stereocenters. The fourth-order valence-electron chi connectivity index (χ4n) is 3.87. The fourth-order valence-corrected chi connectivity index (χ4v) is 3.87. The molecule has 3 aromatic rings. The molecule has 1 aliphatic rings. The Balaban J connectivity index is 1.47. The van der Waals surface area contributed by atoms with Crippen LogP contribution in [0, 0.1) is 6.92 Å². The Kier molecular flexibility index (Phi) is 5.26. The van der Waals surface area contributed by atoms with Gasteiger partial charge in [0.25, 0.3) is 0 Å². The number of nitrogens with zero attached hydrogens (tertiary/aromatic N) is 2. The van der Waals surface area contributed by atoms with Gasteiger partial charge in [-0.15, -0.1) is 0 Å². The van der Waals surface area contributed by atoms with E-state index in [0.717, 1.165) is 43.9 Å². The van der Waals surface area contributed by atoms with Crippen LogP contribution in [0.25, 0.3) is 11.3 Å². The zero-order valence-corrected chi connectivity index (χ0v) is 16.0. The molecule has 2 aromatic heterocycles. The molecule has 1 aromatic carbocycles. The second kappa shape index (κ2) is 7.98. The van der Waals surface area contributed by atoms with E-state index in [9.17, 15) is 9.90 Å². The van der Waals surface area contributed by atoms with Crippen molar-refractivity contribution in [1.82, 2.24) is 9.88 Å². The number of carboxylic acids is 1. The van der Waals surface area contributed by atoms with Gasteiger partial charge in [-0.2, -0.15) is 0 Å². The van der Waals surface area contributed by atoms with E-state index in [4.69, 9.17) is 4.42 Å². The number of pyridine rings is 1. The Morgan fingerprint density at radius 3 is 2.86 bits per heavy atom. The molecular weight excluding hydrogens is 352 g/mol. The largest absolute Gasteiger partial charge is 0.478 e. The zero-order chi connectivity index (χ0) is 19.5. The summed E-state index contributed by atoms with van der Waals surface area (Å²) in [5, 5.41) is 9.39. The highest BCUT2D eigenvalue weighted by Gasteiger charge is 2.23. The predicted molar refractivity (Wildman–Crippen MR) is 107 cm³/mol. The molecule has 5 nitrogen and oxygen atoms in total. The molecule has 1 N–H and O–H groups in total. The number of furan rings is 1. The van der Waals surface area contributed by atoms with Gasteiger partial charge in [0.05, 0.1) is 12.1 Å². The van der Waals surface area contributed by atoms with Crippen LogP contribution in [0.3, 0.4) is 0 Å². The first-order chi connectivity index (χ1) is 13.6. The minimum atomic E-state index is -0.946. The summed E-state index contributed by atoms with van der Waals surface area (Å²) in [6.45, 7) is 4.76. The third-order valence-corrected chi connectivity index (χ3v) is 5.32. The number of likely N-dealkylation sites (tertiary alicyclic amines) is 1. The monoisotopic (exact) mass is 376 g/mol. The minimum absolute atomic E-state index is 0.256. The van der Waals surface area contributed by atoms with Gasteiger partial charge in [0.2, 0.25) is 0 Å². The van der Waals surface area contributed by atoms with Crippen LogP contribution < -0.4 is 0 Å². The summed E-state index contributed by atoms with van der Waals surface area (Å²) in [6.07, 6.45) is 4.23. The molecule has 1 aliphatic heterocycles. The summed E-state index contributed by atoms with van der Waals surface area (Å²) in [4.78, 5) is 18.5. The van der Waals surface area contributed by atoms with Gasteiger partial charge < -0.3 is 9.52 Å². The number of hydrogen-bond donors (Lipinski definition) is 1. The normalized spacial score (nSPS) is 17.5. The molecule has 0 aliphatic carbocycles. The molecule has 1 atom stereocenters. The summed E-state index contributed by atoms with van der Waals surface area (Å²) in [7, 11) is 0. The molecule has 0 spiro atoms. The van der Waals surface area contributed by atoms with Gasteiger partial charge in [-0.1, -0.05) is 24.3 Å². The Morgan fingerprint density at radius 2 is 2.07 bits per heavy atom. The Bertz CT molecular complexity index is 962. The standard InChI is InChI=1S/C23H24N2O3/c1-16-8-10-21(24-13-16)17-5-4-12-25(14-17)15-18-9-11-22(28-18)19-6-2-3-7-20(19)23(26)27/h2-3,6-11,13,17H,4-5,12,14-15H2,1H3,(H,26,27). The smallest absolute Gasteiger partial charge is 0.336 e. The third-order valence-electron chi connectivity index (χ3n) is 5.32. The number of hydrogen-bond acceptors (Lipinski definition) is 4. The topological polar surface area (TPSA) is 66.6 Å². The third kappa shape index (κ3) is 3.99. The lowest BCUT2D eigenvalue weighted by atomic mass is 9.94. The highest BCUT2D eigenvalue weighted by molar-refractivity contribution is 5.95. The number of piperidine rings is 1. The minimum Gasteiger partial charge on any atom is -0.478 e. The maximum atomic E-state index is 11.5. The van der Waals surface area contributed by atoms with Crippen LogP contribution in [0.5, 0.6) is 0 Å². The number of aromatic nitrogens is 1. The summed E-state index contributed by atoms with van der Waals surface area (Å²) in [6, 6.07) is 15.0. The van der Waals surface area contributed by atoms with E-state index < -0.39 is 5.97 Å². The van der Waals surface area contributed by atoms with Gasteiger partial charge >= 0.3 is 5.97 Å². The summed E-state index contributed by atoms with van der Waals surface area (Å²) in [5.41, 5.74) is 3.21. The second-order valence-corrected chi connectivity index (χ2v) is 7.45. The van der Waals surface area contributed by atoms with Crippen molar-refractivity contribution in [3.8, 4) is 11.3 Å². The van der Waals surface area contributed by atoms with Gasteiger partial charge in [0.1, 0.15) is 11.5 Å². The molecule has 0 amide bonds. The molecule has 1 fully saturated rings. The molecule has 0 saturated carbocycles. The van der Waals surface area contributed by atoms with E-state index in [0.29, 0.717) is 17.2 Å². The molecule has 4 rings (SSSR count). The quantitative estimate of drug-likeness (QED) is 0.697. The van der Waals surface area contributed by atoms with E-state index in [1.54, 1.807) is 18.2 Å². The lowest BCUT2D eigenvalue weighted by Gasteiger charge is -2.31. The van der Waals surface area contributed by atoms with Crippen molar-refractivity contribution in [3.05, 3.63) is 77.3 Å². The molecule has 3 heterocycles. The number of benzene rings is 1. The maximum absolute atomic E-state index is 11.5. The number of rotatable bonds is 5. The van der Waals surface area contributed by atoms with Crippen molar-refractivity contribution in [3.63, 3.8) is 0 Å². The van der Waals surface area contributed by atoms with Crippen LogP contribution >= 0.6 is 0 Å². The van der Waals surface area contributed by atoms with Crippen molar-refractivity contribution in [2.24, 2.45) is 0 Å². The van der Waals surface area contributed by atoms with E-state index in [1.807, 2.05) is 24.4 Å². The number of aromatic carboxylic acids is 1. The molecule has 144 valence electrons. The van der Waals surface area contributed by atoms with Crippen molar-refractivity contribution < 1.29 is 14.3 Å². The molecule has 0 bridgehead atoms. The zero-order valence-electron chi connectivity index (χ0n) is 16.0. The van der Waals surface area contributed by atoms with Gasteiger partial charge in [-0.3, -0.25) is 9.88 Å². The molecule has 0 radical (unpaired) electrons. The van der Waals surface area contributed by atoms with E-state index in [2.05, 4.69) is 28.9 Å². The van der Waals surface area contributed by atoms with Gasteiger partial charge in [0.15, 0.2) is 0 Å². The second-order valence-electron chi connectivity index (χ2n) is 7.45. The number of aryl methyl sites for hydroxylation is 1. The molecule has 28 heavy (non-hydrogen) atoms. The van der Waals surface area contributed by atoms with Crippen LogP contribution in [0.1, 0.15) is 46.1 Å². The van der Waals surface area contributed by atoms with E-state index in [-0.39, 0.29) is 5.56 Å². The molecular formula is C23H24N2O3. The van der Waals surface area contributed by atoms with Gasteiger partial charge in [-0.25, -0.2) is 4.79 Å². The predicted octanol–water partition coefficient (Wildman–Crippen LogP) is 4.73. The van der Waals surface area contributed by atoms with Crippen molar-refractivity contribution in [2.45, 2.75) is 32.2 Å².